The Bertz CT molecular complexity index is 555. The number of pyridine rings is 1. The van der Waals surface area contributed by atoms with Gasteiger partial charge in [-0.1, -0.05) is 0 Å². The van der Waals surface area contributed by atoms with Crippen LogP contribution in [0.25, 0.3) is 0 Å². The number of hydrogen-bond donors (Lipinski definition) is 1. The Morgan fingerprint density at radius 2 is 1.74 bits per heavy atom. The van der Waals surface area contributed by atoms with Gasteiger partial charge >= 0.3 is 0 Å². The largest absolute Gasteiger partial charge is 0.323 e. The smallest absolute Gasteiger partial charge is 0.192 e. The summed E-state index contributed by atoms with van der Waals surface area (Å²) in [6.45, 7) is 7.97. The first-order valence-corrected chi connectivity index (χ1v) is 7.00. The lowest BCUT2D eigenvalue weighted by Gasteiger charge is -2.07. The van der Waals surface area contributed by atoms with E-state index in [1.807, 2.05) is 46.0 Å². The van der Waals surface area contributed by atoms with E-state index in [4.69, 9.17) is 5.73 Å². The maximum atomic E-state index is 5.78. The molecule has 5 heteroatoms. The topological polar surface area (TPSA) is 64.7 Å². The molecule has 0 spiro atoms. The van der Waals surface area contributed by atoms with Gasteiger partial charge in [-0.05, 0) is 57.2 Å². The second-order valence-electron chi connectivity index (χ2n) is 4.61. The SMILES string of the molecule is Cc1nc(Sc2ccc([C@@H](C)N)nc2)nc(C)c1C. The van der Waals surface area contributed by atoms with Gasteiger partial charge in [0.1, 0.15) is 0 Å². The summed E-state index contributed by atoms with van der Waals surface area (Å²) < 4.78 is 0. The van der Waals surface area contributed by atoms with Crippen LogP contribution in [0.5, 0.6) is 0 Å². The Morgan fingerprint density at radius 1 is 1.11 bits per heavy atom. The zero-order chi connectivity index (χ0) is 14.0. The predicted octanol–water partition coefficient (Wildman–Crippen LogP) is 2.97. The van der Waals surface area contributed by atoms with Crippen molar-refractivity contribution >= 4 is 11.8 Å². The number of hydrogen-bond acceptors (Lipinski definition) is 5. The molecule has 0 saturated heterocycles. The van der Waals surface area contributed by atoms with E-state index >= 15 is 0 Å². The van der Waals surface area contributed by atoms with Crippen molar-refractivity contribution in [2.75, 3.05) is 0 Å². The van der Waals surface area contributed by atoms with E-state index in [0.717, 1.165) is 32.7 Å². The van der Waals surface area contributed by atoms with Crippen LogP contribution in [0.4, 0.5) is 0 Å². The van der Waals surface area contributed by atoms with Gasteiger partial charge in [0.05, 0.1) is 5.69 Å². The highest BCUT2D eigenvalue weighted by molar-refractivity contribution is 7.99. The van der Waals surface area contributed by atoms with Crippen LogP contribution in [0.1, 0.15) is 35.6 Å². The fourth-order valence-corrected chi connectivity index (χ4v) is 2.43. The van der Waals surface area contributed by atoms with Gasteiger partial charge in [-0.25, -0.2) is 9.97 Å². The normalized spacial score (nSPS) is 12.5. The fourth-order valence-electron chi connectivity index (χ4n) is 1.61. The molecule has 1 atom stereocenters. The molecule has 2 aromatic rings. The Morgan fingerprint density at radius 3 is 2.21 bits per heavy atom. The highest BCUT2D eigenvalue weighted by Gasteiger charge is 2.07. The van der Waals surface area contributed by atoms with E-state index in [2.05, 4.69) is 15.0 Å². The zero-order valence-electron chi connectivity index (χ0n) is 11.6. The van der Waals surface area contributed by atoms with E-state index in [0.29, 0.717) is 0 Å². The van der Waals surface area contributed by atoms with Crippen LogP contribution in [-0.4, -0.2) is 15.0 Å². The van der Waals surface area contributed by atoms with Crippen molar-refractivity contribution in [3.05, 3.63) is 41.0 Å². The first-order valence-electron chi connectivity index (χ1n) is 6.18. The van der Waals surface area contributed by atoms with Crippen molar-refractivity contribution in [1.29, 1.82) is 0 Å². The van der Waals surface area contributed by atoms with Crippen molar-refractivity contribution < 1.29 is 0 Å². The summed E-state index contributed by atoms with van der Waals surface area (Å²) in [6, 6.07) is 3.91. The monoisotopic (exact) mass is 274 g/mol. The van der Waals surface area contributed by atoms with Gasteiger partial charge in [-0.3, -0.25) is 4.98 Å². The van der Waals surface area contributed by atoms with Crippen LogP contribution >= 0.6 is 11.8 Å². The summed E-state index contributed by atoms with van der Waals surface area (Å²) >= 11 is 1.52. The molecule has 0 saturated carbocycles. The van der Waals surface area contributed by atoms with Gasteiger partial charge < -0.3 is 5.73 Å². The molecule has 100 valence electrons. The molecule has 2 heterocycles. The van der Waals surface area contributed by atoms with Crippen LogP contribution in [0.2, 0.25) is 0 Å². The molecule has 0 radical (unpaired) electrons. The molecule has 2 rings (SSSR count). The molecule has 2 N–H and O–H groups in total. The second kappa shape index (κ2) is 5.67. The van der Waals surface area contributed by atoms with E-state index < -0.39 is 0 Å². The molecule has 4 nitrogen and oxygen atoms in total. The summed E-state index contributed by atoms with van der Waals surface area (Å²) in [4.78, 5) is 14.3. The minimum Gasteiger partial charge on any atom is -0.323 e. The molecule has 0 aromatic carbocycles. The number of rotatable bonds is 3. The van der Waals surface area contributed by atoms with E-state index in [-0.39, 0.29) is 6.04 Å². The van der Waals surface area contributed by atoms with Gasteiger partial charge in [-0.15, -0.1) is 0 Å². The summed E-state index contributed by atoms with van der Waals surface area (Å²) in [5.74, 6) is 0. The molecule has 0 aliphatic heterocycles. The molecule has 0 aliphatic carbocycles. The van der Waals surface area contributed by atoms with Crippen molar-refractivity contribution in [1.82, 2.24) is 15.0 Å². The van der Waals surface area contributed by atoms with Crippen LogP contribution in [0.15, 0.2) is 28.4 Å². The Labute approximate surface area is 117 Å². The molecule has 0 bridgehead atoms. The lowest BCUT2D eigenvalue weighted by molar-refractivity contribution is 0.777. The number of nitrogens with zero attached hydrogens (tertiary/aromatic N) is 3. The second-order valence-corrected chi connectivity index (χ2v) is 5.65. The molecule has 19 heavy (non-hydrogen) atoms. The predicted molar refractivity (Wildman–Crippen MR) is 77.2 cm³/mol. The standard InChI is InChI=1S/C14H18N4S/c1-8-10(3)17-14(18-11(8)4)19-12-5-6-13(9(2)15)16-7-12/h5-7,9H,15H2,1-4H3/t9-/m1/s1. The molecule has 0 fully saturated rings. The Kier molecular flexibility index (Phi) is 4.17. The molecule has 0 aliphatic rings. The molecule has 0 unspecified atom stereocenters. The third-order valence-electron chi connectivity index (χ3n) is 3.05. The number of nitrogens with two attached hydrogens (primary N) is 1. The van der Waals surface area contributed by atoms with Crippen LogP contribution in [-0.2, 0) is 0 Å². The third-order valence-corrected chi connectivity index (χ3v) is 3.89. The summed E-state index contributed by atoms with van der Waals surface area (Å²) in [5.41, 5.74) is 9.86. The van der Waals surface area contributed by atoms with Gasteiger partial charge in [0.2, 0.25) is 0 Å². The maximum absolute atomic E-state index is 5.78. The number of aryl methyl sites for hydroxylation is 2. The minimum absolute atomic E-state index is 0.0424. The van der Waals surface area contributed by atoms with Gasteiger partial charge in [0, 0.05) is 28.5 Å². The lowest BCUT2D eigenvalue weighted by Crippen LogP contribution is -2.06. The summed E-state index contributed by atoms with van der Waals surface area (Å²) in [5, 5.41) is 0.760. The van der Waals surface area contributed by atoms with Gasteiger partial charge in [-0.2, -0.15) is 0 Å². The fraction of sp³-hybridized carbons (Fsp3) is 0.357. The summed E-state index contributed by atoms with van der Waals surface area (Å²) in [6.07, 6.45) is 1.82. The maximum Gasteiger partial charge on any atom is 0.192 e. The van der Waals surface area contributed by atoms with Crippen LogP contribution in [0.3, 0.4) is 0 Å². The Hall–Kier alpha value is -1.46. The lowest BCUT2D eigenvalue weighted by atomic mass is 10.2. The average Bonchev–Trinajstić information content (AvgIpc) is 2.36. The van der Waals surface area contributed by atoms with Gasteiger partial charge in [0.15, 0.2) is 5.16 Å². The highest BCUT2D eigenvalue weighted by Crippen LogP contribution is 2.25. The van der Waals surface area contributed by atoms with Crippen molar-refractivity contribution in [3.63, 3.8) is 0 Å². The van der Waals surface area contributed by atoms with E-state index in [1.165, 1.54) is 11.8 Å². The zero-order valence-corrected chi connectivity index (χ0v) is 12.5. The van der Waals surface area contributed by atoms with E-state index in [1.54, 1.807) is 0 Å². The van der Waals surface area contributed by atoms with Gasteiger partial charge in [0.25, 0.3) is 0 Å². The highest BCUT2D eigenvalue weighted by atomic mass is 32.2. The van der Waals surface area contributed by atoms with Crippen molar-refractivity contribution in [3.8, 4) is 0 Å². The first-order chi connectivity index (χ1) is 8.97. The van der Waals surface area contributed by atoms with Crippen molar-refractivity contribution in [2.24, 2.45) is 5.73 Å². The van der Waals surface area contributed by atoms with Crippen LogP contribution < -0.4 is 5.73 Å². The molecular weight excluding hydrogens is 256 g/mol. The number of aromatic nitrogens is 3. The summed E-state index contributed by atoms with van der Waals surface area (Å²) in [7, 11) is 0. The average molecular weight is 274 g/mol. The molecule has 0 amide bonds. The first kappa shape index (κ1) is 14.0. The quantitative estimate of drug-likeness (QED) is 0.872. The van der Waals surface area contributed by atoms with Crippen LogP contribution in [0, 0.1) is 20.8 Å². The molecule has 2 aromatic heterocycles. The third kappa shape index (κ3) is 3.30. The van der Waals surface area contributed by atoms with Crippen molar-refractivity contribution in [2.45, 2.75) is 43.8 Å². The minimum atomic E-state index is -0.0424. The Balaban J connectivity index is 2.21. The molecular formula is C14H18N4S. The van der Waals surface area contributed by atoms with E-state index in [9.17, 15) is 0 Å².